The molecule has 40 heavy (non-hydrogen) atoms. The van der Waals surface area contributed by atoms with Gasteiger partial charge < -0.3 is 29.2 Å². The molecule has 4 rings (SSSR count). The second kappa shape index (κ2) is 12.9. The predicted octanol–water partition coefficient (Wildman–Crippen LogP) is 7.00. The van der Waals surface area contributed by atoms with Gasteiger partial charge in [-0.2, -0.15) is 0 Å². The lowest BCUT2D eigenvalue weighted by atomic mass is 9.96. The highest BCUT2D eigenvalue weighted by Gasteiger charge is 2.46. The molecule has 1 atom stereocenters. The molecule has 0 spiro atoms. The number of cyclic esters (lactones) is 1. The number of carbonyl (C=O) groups is 2. The molecule has 8 nitrogen and oxygen atoms in total. The van der Waals surface area contributed by atoms with Crippen LogP contribution in [0.25, 0.3) is 0 Å². The highest BCUT2D eigenvalue weighted by molar-refractivity contribution is 5.98. The summed E-state index contributed by atoms with van der Waals surface area (Å²) in [5, 5.41) is 21.3. The van der Waals surface area contributed by atoms with E-state index in [0.717, 1.165) is 31.2 Å². The molecule has 1 aliphatic rings. The van der Waals surface area contributed by atoms with Crippen LogP contribution in [0.15, 0.2) is 54.6 Å². The van der Waals surface area contributed by atoms with Gasteiger partial charge in [0.2, 0.25) is 5.79 Å². The van der Waals surface area contributed by atoms with Crippen LogP contribution >= 0.6 is 0 Å². The molecule has 0 fully saturated rings. The zero-order valence-corrected chi connectivity index (χ0v) is 23.2. The number of fused-ring (bicyclic) bond motifs is 1. The van der Waals surface area contributed by atoms with Crippen LogP contribution in [0.3, 0.4) is 0 Å². The van der Waals surface area contributed by atoms with E-state index in [2.05, 4.69) is 6.92 Å². The van der Waals surface area contributed by atoms with E-state index in [0.29, 0.717) is 29.9 Å². The second-order valence-corrected chi connectivity index (χ2v) is 9.88. The highest BCUT2D eigenvalue weighted by Crippen LogP contribution is 2.47. The Morgan fingerprint density at radius 3 is 2.40 bits per heavy atom. The summed E-state index contributed by atoms with van der Waals surface area (Å²) in [6.45, 7) is 4.28. The van der Waals surface area contributed by atoms with E-state index >= 15 is 0 Å². The minimum absolute atomic E-state index is 0.0775. The van der Waals surface area contributed by atoms with Gasteiger partial charge >= 0.3 is 11.9 Å². The Bertz CT molecular complexity index is 1350. The first-order valence-corrected chi connectivity index (χ1v) is 13.7. The lowest BCUT2D eigenvalue weighted by molar-refractivity contribution is -0.168. The molecule has 0 saturated carbocycles. The number of carboxylic acid groups (broad SMARTS) is 1. The Balaban J connectivity index is 1.84. The van der Waals surface area contributed by atoms with Gasteiger partial charge in [0.1, 0.15) is 23.7 Å². The van der Waals surface area contributed by atoms with Gasteiger partial charge in [-0.15, -0.1) is 0 Å². The van der Waals surface area contributed by atoms with Crippen LogP contribution in [0, 0.1) is 0 Å². The van der Waals surface area contributed by atoms with Crippen LogP contribution in [0.5, 0.6) is 23.0 Å². The maximum atomic E-state index is 13.1. The molecule has 3 aromatic carbocycles. The number of aromatic carboxylic acids is 1. The van der Waals surface area contributed by atoms with E-state index in [4.69, 9.17) is 18.9 Å². The van der Waals surface area contributed by atoms with Crippen molar-refractivity contribution < 1.29 is 38.7 Å². The molecule has 8 heteroatoms. The molecule has 1 aliphatic heterocycles. The zero-order valence-electron chi connectivity index (χ0n) is 23.2. The number of benzene rings is 3. The van der Waals surface area contributed by atoms with Crippen LogP contribution < -0.4 is 14.2 Å². The number of aliphatic hydroxyl groups is 1. The molecule has 0 aliphatic carbocycles. The van der Waals surface area contributed by atoms with E-state index in [1.54, 1.807) is 12.1 Å². The monoisotopic (exact) mass is 548 g/mol. The van der Waals surface area contributed by atoms with Gasteiger partial charge in [-0.25, -0.2) is 9.59 Å². The number of hydrogen-bond acceptors (Lipinski definition) is 7. The van der Waals surface area contributed by atoms with Crippen LogP contribution in [-0.4, -0.2) is 29.3 Å². The molecule has 0 saturated heterocycles. The third-order valence-corrected chi connectivity index (χ3v) is 7.00. The predicted molar refractivity (Wildman–Crippen MR) is 149 cm³/mol. The van der Waals surface area contributed by atoms with Gasteiger partial charge in [-0.05, 0) is 43.0 Å². The number of rotatable bonds is 14. The topological polar surface area (TPSA) is 112 Å². The van der Waals surface area contributed by atoms with Crippen LogP contribution in [-0.2, 0) is 23.6 Å². The van der Waals surface area contributed by atoms with Gasteiger partial charge in [0.05, 0.1) is 12.7 Å². The summed E-state index contributed by atoms with van der Waals surface area (Å²) in [7, 11) is 1.48. The molecule has 1 heterocycles. The van der Waals surface area contributed by atoms with Crippen molar-refractivity contribution in [2.45, 2.75) is 71.2 Å². The number of esters is 1. The first-order valence-electron chi connectivity index (χ1n) is 13.7. The highest BCUT2D eigenvalue weighted by atomic mass is 16.7. The summed E-state index contributed by atoms with van der Waals surface area (Å²) in [5.41, 5.74) is 1.83. The SMILES string of the molecule is CCCCCc1c(C(=O)O)ccc(OCc2ccccc2)c1Oc1cc(OC)cc2c1C(=O)OC2(O)CCCC. The van der Waals surface area contributed by atoms with E-state index in [-0.39, 0.29) is 41.2 Å². The van der Waals surface area contributed by atoms with Crippen molar-refractivity contribution in [1.82, 2.24) is 0 Å². The first-order chi connectivity index (χ1) is 19.3. The molecule has 0 amide bonds. The Hall–Kier alpha value is -4.04. The summed E-state index contributed by atoms with van der Waals surface area (Å²) >= 11 is 0. The van der Waals surface area contributed by atoms with Gasteiger partial charge in [-0.3, -0.25) is 0 Å². The van der Waals surface area contributed by atoms with Crippen molar-refractivity contribution in [2.24, 2.45) is 0 Å². The van der Waals surface area contributed by atoms with Gasteiger partial charge in [0, 0.05) is 23.6 Å². The summed E-state index contributed by atoms with van der Waals surface area (Å²) in [4.78, 5) is 25.3. The average Bonchev–Trinajstić information content (AvgIpc) is 3.21. The molecular formula is C32H36O8. The molecular weight excluding hydrogens is 512 g/mol. The van der Waals surface area contributed by atoms with E-state index in [1.165, 1.54) is 19.2 Å². The van der Waals surface area contributed by atoms with Crippen molar-refractivity contribution in [2.75, 3.05) is 7.11 Å². The number of carboxylic acids is 1. The number of methoxy groups -OCH3 is 1. The van der Waals surface area contributed by atoms with Crippen LogP contribution in [0.1, 0.15) is 89.8 Å². The second-order valence-electron chi connectivity index (χ2n) is 9.88. The first kappa shape index (κ1) is 29.0. The molecule has 0 radical (unpaired) electrons. The quantitative estimate of drug-likeness (QED) is 0.164. The van der Waals surface area contributed by atoms with Crippen molar-refractivity contribution in [1.29, 1.82) is 0 Å². The summed E-state index contributed by atoms with van der Waals surface area (Å²) in [5.74, 6) is -2.63. The molecule has 2 N–H and O–H groups in total. The standard InChI is InChI=1S/C32H36O8/c1-4-6-9-14-23-24(30(33)34)15-16-26(38-20-21-12-10-8-11-13-21)29(23)39-27-19-22(37-3)18-25-28(27)31(35)40-32(25,36)17-7-5-2/h8,10-13,15-16,18-19,36H,4-7,9,14,17,20H2,1-3H3,(H,33,34). The summed E-state index contributed by atoms with van der Waals surface area (Å²) in [6.07, 6.45) is 4.68. The van der Waals surface area contributed by atoms with Crippen molar-refractivity contribution in [3.05, 3.63) is 82.4 Å². The maximum Gasteiger partial charge on any atom is 0.345 e. The van der Waals surface area contributed by atoms with Gasteiger partial charge in [0.15, 0.2) is 11.5 Å². The van der Waals surface area contributed by atoms with Crippen molar-refractivity contribution >= 4 is 11.9 Å². The molecule has 1 unspecified atom stereocenters. The maximum absolute atomic E-state index is 13.1. The smallest absolute Gasteiger partial charge is 0.345 e. The fourth-order valence-corrected chi connectivity index (χ4v) is 4.85. The molecule has 0 aromatic heterocycles. The fraction of sp³-hybridized carbons (Fsp3) is 0.375. The van der Waals surface area contributed by atoms with Gasteiger partial charge in [-0.1, -0.05) is 63.4 Å². The van der Waals surface area contributed by atoms with E-state index < -0.39 is 17.7 Å². The lowest BCUT2D eigenvalue weighted by Crippen LogP contribution is -2.25. The van der Waals surface area contributed by atoms with E-state index in [9.17, 15) is 19.8 Å². The van der Waals surface area contributed by atoms with Gasteiger partial charge in [0.25, 0.3) is 0 Å². The van der Waals surface area contributed by atoms with Crippen LogP contribution in [0.4, 0.5) is 0 Å². The minimum atomic E-state index is -1.81. The van der Waals surface area contributed by atoms with Crippen LogP contribution in [0.2, 0.25) is 0 Å². The largest absolute Gasteiger partial charge is 0.497 e. The number of unbranched alkanes of at least 4 members (excludes halogenated alkanes) is 3. The third-order valence-electron chi connectivity index (χ3n) is 7.00. The fourth-order valence-electron chi connectivity index (χ4n) is 4.85. The normalized spacial score (nSPS) is 15.8. The Labute approximate surface area is 234 Å². The minimum Gasteiger partial charge on any atom is -0.497 e. The lowest BCUT2D eigenvalue weighted by Gasteiger charge is -2.23. The van der Waals surface area contributed by atoms with E-state index in [1.807, 2.05) is 37.3 Å². The number of carbonyl (C=O) groups excluding carboxylic acids is 1. The zero-order chi connectivity index (χ0) is 28.7. The summed E-state index contributed by atoms with van der Waals surface area (Å²) < 4.78 is 23.5. The molecule has 3 aromatic rings. The Morgan fingerprint density at radius 1 is 0.975 bits per heavy atom. The molecule has 212 valence electrons. The third kappa shape index (κ3) is 6.23. The number of hydrogen-bond donors (Lipinski definition) is 2. The Morgan fingerprint density at radius 2 is 1.73 bits per heavy atom. The Kier molecular flexibility index (Phi) is 9.32. The average molecular weight is 549 g/mol. The van der Waals surface area contributed by atoms with Crippen molar-refractivity contribution in [3.8, 4) is 23.0 Å². The van der Waals surface area contributed by atoms with Crippen molar-refractivity contribution in [3.63, 3.8) is 0 Å². The summed E-state index contributed by atoms with van der Waals surface area (Å²) in [6, 6.07) is 15.8. The number of ether oxygens (including phenoxy) is 4. The molecule has 0 bridgehead atoms.